The third-order valence-corrected chi connectivity index (χ3v) is 3.23. The van der Waals surface area contributed by atoms with Crippen molar-refractivity contribution >= 4 is 11.7 Å². The number of hydrogen-bond acceptors (Lipinski definition) is 4. The molecular formula is C19H21N3O2. The molecule has 3 N–H and O–H groups in total. The number of nitrogens with zero attached hydrogens (tertiary/aromatic N) is 1. The second-order valence-electron chi connectivity index (χ2n) is 5.07. The van der Waals surface area contributed by atoms with Crippen LogP contribution in [0.3, 0.4) is 0 Å². The number of hydrogen-bond donors (Lipinski definition) is 2. The number of benzene rings is 1. The summed E-state index contributed by atoms with van der Waals surface area (Å²) >= 11 is 0. The first kappa shape index (κ1) is 17.4. The number of nitrogen functional groups attached to an aromatic ring is 1. The average Bonchev–Trinajstić information content (AvgIpc) is 2.60. The van der Waals surface area contributed by atoms with Crippen molar-refractivity contribution in [3.8, 4) is 17.6 Å². The minimum atomic E-state index is -0.248. The number of ether oxygens (including phenoxy) is 1. The molecule has 0 saturated heterocycles. The molecule has 0 radical (unpaired) electrons. The number of carbonyl (C=O) groups excluding carboxylic acids is 1. The largest absolute Gasteiger partial charge is 0.493 e. The topological polar surface area (TPSA) is 77.2 Å². The van der Waals surface area contributed by atoms with Crippen molar-refractivity contribution < 1.29 is 9.53 Å². The van der Waals surface area contributed by atoms with E-state index >= 15 is 0 Å². The lowest BCUT2D eigenvalue weighted by molar-refractivity contribution is 0.0951. The molecule has 0 aliphatic heterocycles. The molecule has 0 spiro atoms. The van der Waals surface area contributed by atoms with Crippen molar-refractivity contribution in [1.29, 1.82) is 0 Å². The SMILES string of the molecule is CCC#CCCOc1cccc(CNC(=O)c2cccnc2N)c1. The van der Waals surface area contributed by atoms with E-state index in [0.717, 1.165) is 17.7 Å². The molecular weight excluding hydrogens is 302 g/mol. The maximum Gasteiger partial charge on any atom is 0.255 e. The zero-order chi connectivity index (χ0) is 17.2. The average molecular weight is 323 g/mol. The second kappa shape index (κ2) is 9.21. The zero-order valence-corrected chi connectivity index (χ0v) is 13.7. The van der Waals surface area contributed by atoms with Crippen LogP contribution in [0.1, 0.15) is 35.7 Å². The Morgan fingerprint density at radius 1 is 1.29 bits per heavy atom. The summed E-state index contributed by atoms with van der Waals surface area (Å²) in [5, 5.41) is 2.83. The summed E-state index contributed by atoms with van der Waals surface area (Å²) in [4.78, 5) is 16.0. The maximum absolute atomic E-state index is 12.1. The van der Waals surface area contributed by atoms with Crippen LogP contribution in [0.15, 0.2) is 42.6 Å². The summed E-state index contributed by atoms with van der Waals surface area (Å²) < 4.78 is 5.66. The molecule has 1 aromatic heterocycles. The fraction of sp³-hybridized carbons (Fsp3) is 0.263. The van der Waals surface area contributed by atoms with E-state index in [9.17, 15) is 4.79 Å². The molecule has 0 aliphatic carbocycles. The third kappa shape index (κ3) is 5.33. The highest BCUT2D eigenvalue weighted by Gasteiger charge is 2.09. The smallest absolute Gasteiger partial charge is 0.255 e. The van der Waals surface area contributed by atoms with Gasteiger partial charge in [0.1, 0.15) is 11.6 Å². The van der Waals surface area contributed by atoms with Gasteiger partial charge in [0.05, 0.1) is 12.2 Å². The number of nitrogens with two attached hydrogens (primary N) is 1. The Kier molecular flexibility index (Phi) is 6.66. The predicted octanol–water partition coefficient (Wildman–Crippen LogP) is 2.78. The van der Waals surface area contributed by atoms with Crippen LogP contribution >= 0.6 is 0 Å². The van der Waals surface area contributed by atoms with E-state index in [0.29, 0.717) is 25.1 Å². The number of amides is 1. The molecule has 0 aliphatic rings. The van der Waals surface area contributed by atoms with Crippen LogP contribution in [0.2, 0.25) is 0 Å². The molecule has 1 amide bonds. The van der Waals surface area contributed by atoms with Gasteiger partial charge in [-0.15, -0.1) is 5.92 Å². The molecule has 2 rings (SSSR count). The number of pyridine rings is 1. The highest BCUT2D eigenvalue weighted by Crippen LogP contribution is 2.14. The molecule has 1 aromatic carbocycles. The van der Waals surface area contributed by atoms with Crippen molar-refractivity contribution in [3.05, 3.63) is 53.7 Å². The zero-order valence-electron chi connectivity index (χ0n) is 13.7. The molecule has 5 nitrogen and oxygen atoms in total. The van der Waals surface area contributed by atoms with Gasteiger partial charge in [0, 0.05) is 25.6 Å². The molecule has 124 valence electrons. The first-order chi connectivity index (χ1) is 11.7. The molecule has 0 atom stereocenters. The third-order valence-electron chi connectivity index (χ3n) is 3.23. The number of anilines is 1. The van der Waals surface area contributed by atoms with Gasteiger partial charge in [0.25, 0.3) is 5.91 Å². The highest BCUT2D eigenvalue weighted by atomic mass is 16.5. The summed E-state index contributed by atoms with van der Waals surface area (Å²) in [7, 11) is 0. The van der Waals surface area contributed by atoms with Crippen LogP contribution in [-0.4, -0.2) is 17.5 Å². The fourth-order valence-corrected chi connectivity index (χ4v) is 2.07. The standard InChI is InChI=1S/C19H21N3O2/c1-2-3-4-5-12-24-16-9-6-8-15(13-16)14-22-19(23)17-10-7-11-21-18(17)20/h6-11,13H,2,5,12,14H2,1H3,(H2,20,21)(H,22,23). The highest BCUT2D eigenvalue weighted by molar-refractivity contribution is 5.98. The lowest BCUT2D eigenvalue weighted by Gasteiger charge is -2.09. The van der Waals surface area contributed by atoms with Crippen LogP contribution in [0.5, 0.6) is 5.75 Å². The van der Waals surface area contributed by atoms with Gasteiger partial charge in [-0.05, 0) is 29.8 Å². The molecule has 1 heterocycles. The van der Waals surface area contributed by atoms with Crippen molar-refractivity contribution in [2.75, 3.05) is 12.3 Å². The predicted molar refractivity (Wildman–Crippen MR) is 94.4 cm³/mol. The van der Waals surface area contributed by atoms with Crippen LogP contribution in [0.4, 0.5) is 5.82 Å². The number of rotatable bonds is 6. The second-order valence-corrected chi connectivity index (χ2v) is 5.07. The maximum atomic E-state index is 12.1. The number of aromatic nitrogens is 1. The molecule has 5 heteroatoms. The van der Waals surface area contributed by atoms with Crippen molar-refractivity contribution in [3.63, 3.8) is 0 Å². The van der Waals surface area contributed by atoms with Gasteiger partial charge in [-0.1, -0.05) is 25.0 Å². The Morgan fingerprint density at radius 2 is 2.17 bits per heavy atom. The normalized spacial score (nSPS) is 9.71. The van der Waals surface area contributed by atoms with Gasteiger partial charge in [0.15, 0.2) is 0 Å². The minimum absolute atomic E-state index is 0.222. The Hall–Kier alpha value is -3.00. The molecule has 2 aromatic rings. The fourth-order valence-electron chi connectivity index (χ4n) is 2.07. The number of carbonyl (C=O) groups is 1. The lowest BCUT2D eigenvalue weighted by Crippen LogP contribution is -2.24. The quantitative estimate of drug-likeness (QED) is 0.633. The van der Waals surface area contributed by atoms with E-state index in [2.05, 4.69) is 22.1 Å². The van der Waals surface area contributed by atoms with Gasteiger partial charge >= 0.3 is 0 Å². The van der Waals surface area contributed by atoms with Crippen LogP contribution in [0.25, 0.3) is 0 Å². The summed E-state index contributed by atoms with van der Waals surface area (Å²) in [6.07, 6.45) is 3.11. The van der Waals surface area contributed by atoms with Gasteiger partial charge < -0.3 is 15.8 Å². The first-order valence-electron chi connectivity index (χ1n) is 7.87. The summed E-state index contributed by atoms with van der Waals surface area (Å²) in [5.41, 5.74) is 7.02. The summed E-state index contributed by atoms with van der Waals surface area (Å²) in [5.74, 6) is 6.78. The van der Waals surface area contributed by atoms with Crippen LogP contribution in [-0.2, 0) is 6.54 Å². The monoisotopic (exact) mass is 323 g/mol. The van der Waals surface area contributed by atoms with Crippen molar-refractivity contribution in [2.24, 2.45) is 0 Å². The van der Waals surface area contributed by atoms with E-state index in [1.165, 1.54) is 0 Å². The Morgan fingerprint density at radius 3 is 2.96 bits per heavy atom. The Labute approximate surface area is 142 Å². The number of nitrogens with one attached hydrogen (secondary N) is 1. The van der Waals surface area contributed by atoms with Crippen LogP contribution < -0.4 is 15.8 Å². The summed E-state index contributed by atoms with van der Waals surface area (Å²) in [6.45, 7) is 2.96. The molecule has 0 fully saturated rings. The lowest BCUT2D eigenvalue weighted by atomic mass is 10.2. The van der Waals surface area contributed by atoms with Crippen molar-refractivity contribution in [2.45, 2.75) is 26.3 Å². The molecule has 0 unspecified atom stereocenters. The van der Waals surface area contributed by atoms with Gasteiger partial charge in [-0.2, -0.15) is 0 Å². The van der Waals surface area contributed by atoms with E-state index in [1.807, 2.05) is 31.2 Å². The van der Waals surface area contributed by atoms with Gasteiger partial charge in [0.2, 0.25) is 0 Å². The van der Waals surface area contributed by atoms with Crippen LogP contribution in [0, 0.1) is 11.8 Å². The Balaban J connectivity index is 1.88. The van der Waals surface area contributed by atoms with Gasteiger partial charge in [-0.3, -0.25) is 4.79 Å². The van der Waals surface area contributed by atoms with E-state index in [4.69, 9.17) is 10.5 Å². The molecule has 24 heavy (non-hydrogen) atoms. The first-order valence-corrected chi connectivity index (χ1v) is 7.87. The Bertz CT molecular complexity index is 748. The summed E-state index contributed by atoms with van der Waals surface area (Å²) in [6, 6.07) is 10.9. The molecule has 0 saturated carbocycles. The van der Waals surface area contributed by atoms with Gasteiger partial charge in [-0.25, -0.2) is 4.98 Å². The van der Waals surface area contributed by atoms with E-state index < -0.39 is 0 Å². The van der Waals surface area contributed by atoms with E-state index in [1.54, 1.807) is 18.3 Å². The van der Waals surface area contributed by atoms with Crippen molar-refractivity contribution in [1.82, 2.24) is 10.3 Å². The molecule has 0 bridgehead atoms. The van der Waals surface area contributed by atoms with E-state index in [-0.39, 0.29) is 11.7 Å². The minimum Gasteiger partial charge on any atom is -0.493 e.